The Labute approximate surface area is 176 Å². The molecule has 1 fully saturated rings. The molecule has 3 heterocycles. The minimum absolute atomic E-state index is 0.00257. The summed E-state index contributed by atoms with van der Waals surface area (Å²) in [5, 5.41) is 0. The molecule has 1 amide bonds. The summed E-state index contributed by atoms with van der Waals surface area (Å²) >= 11 is 0. The van der Waals surface area contributed by atoms with Crippen LogP contribution in [0.4, 0.5) is 13.2 Å². The van der Waals surface area contributed by atoms with Gasteiger partial charge in [0, 0.05) is 25.1 Å². The molecule has 1 saturated heterocycles. The number of hydrogen-bond acceptors (Lipinski definition) is 6. The molecule has 0 saturated carbocycles. The van der Waals surface area contributed by atoms with Gasteiger partial charge < -0.3 is 14.2 Å². The lowest BCUT2D eigenvalue weighted by molar-refractivity contribution is -0.133. The highest BCUT2D eigenvalue weighted by Gasteiger charge is 2.48. The third-order valence-corrected chi connectivity index (χ3v) is 6.00. The van der Waals surface area contributed by atoms with E-state index in [0.717, 1.165) is 6.07 Å². The maximum atomic E-state index is 14.0. The van der Waals surface area contributed by atoms with Crippen molar-refractivity contribution in [2.75, 3.05) is 13.7 Å². The number of carbonyl (C=O) groups is 2. The van der Waals surface area contributed by atoms with Gasteiger partial charge in [-0.1, -0.05) is 0 Å². The van der Waals surface area contributed by atoms with E-state index in [1.54, 1.807) is 11.8 Å². The lowest BCUT2D eigenvalue weighted by atomic mass is 10.0. The number of ether oxygens (including phenoxy) is 1. The number of amides is 1. The first kappa shape index (κ1) is 21.3. The van der Waals surface area contributed by atoms with Gasteiger partial charge in [0.2, 0.25) is 5.91 Å². The molecule has 4 rings (SSSR count). The highest BCUT2D eigenvalue weighted by molar-refractivity contribution is 5.89. The first-order chi connectivity index (χ1) is 14.7. The Morgan fingerprint density at radius 2 is 2.00 bits per heavy atom. The first-order valence-corrected chi connectivity index (χ1v) is 9.81. The van der Waals surface area contributed by atoms with E-state index in [9.17, 15) is 22.8 Å². The third-order valence-electron chi connectivity index (χ3n) is 6.00. The molecule has 3 N–H and O–H groups in total. The molecule has 2 aliphatic rings. The zero-order valence-electron chi connectivity index (χ0n) is 17.0. The molecule has 2 aliphatic heterocycles. The normalized spacial score (nSPS) is 20.1. The summed E-state index contributed by atoms with van der Waals surface area (Å²) in [5.74, 6) is 2.05. The number of nitrogens with zero attached hydrogens (tertiary/aromatic N) is 3. The topological polar surface area (TPSA) is 102 Å². The predicted octanol–water partition coefficient (Wildman–Crippen LogP) is 1.69. The van der Waals surface area contributed by atoms with E-state index in [0.29, 0.717) is 30.6 Å². The fourth-order valence-electron chi connectivity index (χ4n) is 4.63. The summed E-state index contributed by atoms with van der Waals surface area (Å²) in [7, 11) is 1.27. The van der Waals surface area contributed by atoms with Gasteiger partial charge in [-0.3, -0.25) is 16.1 Å². The molecule has 0 spiro atoms. The van der Waals surface area contributed by atoms with Crippen molar-refractivity contribution in [3.63, 3.8) is 0 Å². The standard InChI is InChI=1S/C20H22F3N5O3/c1-9-25-18(20(30)31-2)19-16-6-12(28(9)19)8-27(16)17(29)5-11(26-24)3-10-4-14(22)15(23)7-13(10)21/h4,7,11-12,16,26H,3,5-6,8,24H2,1-2H3/t11-,12+,16+/m1/s1. The molecule has 0 unspecified atom stereocenters. The van der Waals surface area contributed by atoms with Crippen molar-refractivity contribution in [2.24, 2.45) is 5.84 Å². The number of imidazole rings is 1. The molecule has 2 aromatic rings. The Morgan fingerprint density at radius 3 is 2.68 bits per heavy atom. The van der Waals surface area contributed by atoms with Crippen molar-refractivity contribution < 1.29 is 27.5 Å². The number of halogens is 3. The molecule has 1 aromatic carbocycles. The van der Waals surface area contributed by atoms with E-state index >= 15 is 0 Å². The van der Waals surface area contributed by atoms with Gasteiger partial charge in [-0.25, -0.2) is 22.9 Å². The summed E-state index contributed by atoms with van der Waals surface area (Å²) in [5.41, 5.74) is 3.21. The molecule has 2 bridgehead atoms. The van der Waals surface area contributed by atoms with Crippen molar-refractivity contribution >= 4 is 11.9 Å². The molecule has 8 nitrogen and oxygen atoms in total. The van der Waals surface area contributed by atoms with E-state index in [1.165, 1.54) is 7.11 Å². The SMILES string of the molecule is COC(=O)c1nc(C)n2c1[C@@H]1C[C@H]2CN1C(=O)C[C@@H](Cc1cc(F)c(F)cc1F)NN. The number of nitrogens with two attached hydrogens (primary N) is 1. The van der Waals surface area contributed by atoms with Crippen molar-refractivity contribution in [2.45, 2.75) is 44.3 Å². The fourth-order valence-corrected chi connectivity index (χ4v) is 4.63. The molecule has 0 radical (unpaired) electrons. The van der Waals surface area contributed by atoms with Gasteiger partial charge in [0.05, 0.1) is 24.9 Å². The number of hydrazine groups is 1. The third kappa shape index (κ3) is 3.57. The first-order valence-electron chi connectivity index (χ1n) is 9.81. The van der Waals surface area contributed by atoms with Gasteiger partial charge in [0.25, 0.3) is 0 Å². The van der Waals surface area contributed by atoms with E-state index in [1.807, 2.05) is 4.57 Å². The molecule has 1 aromatic heterocycles. The fraction of sp³-hybridized carbons (Fsp3) is 0.450. The number of carbonyl (C=O) groups excluding carboxylic acids is 2. The van der Waals surface area contributed by atoms with Gasteiger partial charge in [-0.15, -0.1) is 0 Å². The van der Waals surface area contributed by atoms with Crippen LogP contribution in [0.3, 0.4) is 0 Å². The number of aryl methyl sites for hydroxylation is 1. The van der Waals surface area contributed by atoms with Gasteiger partial charge in [0.1, 0.15) is 11.6 Å². The van der Waals surface area contributed by atoms with Gasteiger partial charge in [-0.2, -0.15) is 0 Å². The average Bonchev–Trinajstić information content (AvgIpc) is 3.42. The summed E-state index contributed by atoms with van der Waals surface area (Å²) in [4.78, 5) is 31.1. The highest BCUT2D eigenvalue weighted by Crippen LogP contribution is 2.48. The molecular formula is C20H22F3N5O3. The smallest absolute Gasteiger partial charge is 0.358 e. The van der Waals surface area contributed by atoms with Crippen LogP contribution >= 0.6 is 0 Å². The van der Waals surface area contributed by atoms with Crippen LogP contribution in [-0.2, 0) is 16.0 Å². The Morgan fingerprint density at radius 1 is 1.29 bits per heavy atom. The zero-order chi connectivity index (χ0) is 22.4. The minimum atomic E-state index is -1.28. The maximum Gasteiger partial charge on any atom is 0.358 e. The predicted molar refractivity (Wildman–Crippen MR) is 102 cm³/mol. The number of aromatic nitrogens is 2. The van der Waals surface area contributed by atoms with Gasteiger partial charge >= 0.3 is 5.97 Å². The minimum Gasteiger partial charge on any atom is -0.464 e. The Kier molecular flexibility index (Phi) is 5.48. The van der Waals surface area contributed by atoms with Gasteiger partial charge in [-0.05, 0) is 31.4 Å². The summed E-state index contributed by atoms with van der Waals surface area (Å²) in [6, 6.07) is 0.213. The monoisotopic (exact) mass is 437 g/mol. The Bertz CT molecular complexity index is 1060. The molecular weight excluding hydrogens is 415 g/mol. The maximum absolute atomic E-state index is 14.0. The van der Waals surface area contributed by atoms with Gasteiger partial charge in [0.15, 0.2) is 17.3 Å². The molecule has 166 valence electrons. The van der Waals surface area contributed by atoms with E-state index in [2.05, 4.69) is 10.4 Å². The number of rotatable bonds is 6. The molecule has 11 heteroatoms. The van der Waals surface area contributed by atoms with Crippen molar-refractivity contribution in [3.05, 3.63) is 52.4 Å². The van der Waals surface area contributed by atoms with Crippen LogP contribution in [0.2, 0.25) is 0 Å². The summed E-state index contributed by atoms with van der Waals surface area (Å²) in [6.07, 6.45) is 0.476. The van der Waals surface area contributed by atoms with Crippen molar-refractivity contribution in [1.82, 2.24) is 19.9 Å². The van der Waals surface area contributed by atoms with Crippen molar-refractivity contribution in [1.29, 1.82) is 0 Å². The van der Waals surface area contributed by atoms with Crippen molar-refractivity contribution in [3.8, 4) is 0 Å². The van der Waals surface area contributed by atoms with Crippen LogP contribution in [0.15, 0.2) is 12.1 Å². The van der Waals surface area contributed by atoms with Crippen LogP contribution in [0.5, 0.6) is 0 Å². The van der Waals surface area contributed by atoms with Crippen LogP contribution in [0.25, 0.3) is 0 Å². The Balaban J connectivity index is 1.51. The number of nitrogens with one attached hydrogen (secondary N) is 1. The quantitative estimate of drug-likeness (QED) is 0.309. The van der Waals surface area contributed by atoms with E-state index < -0.39 is 29.5 Å². The molecule has 0 aliphatic carbocycles. The lowest BCUT2D eigenvalue weighted by Gasteiger charge is -2.30. The second-order valence-corrected chi connectivity index (χ2v) is 7.84. The largest absolute Gasteiger partial charge is 0.464 e. The molecule has 3 atom stereocenters. The van der Waals surface area contributed by atoms with E-state index in [4.69, 9.17) is 10.6 Å². The number of fused-ring (bicyclic) bond motifs is 5. The second kappa shape index (κ2) is 7.97. The number of methoxy groups -OCH3 is 1. The van der Waals surface area contributed by atoms with Crippen LogP contribution in [-0.4, -0.2) is 46.0 Å². The number of esters is 1. The molecule has 31 heavy (non-hydrogen) atoms. The highest BCUT2D eigenvalue weighted by atomic mass is 19.2. The number of likely N-dealkylation sites (tertiary alicyclic amines) is 1. The average molecular weight is 437 g/mol. The number of benzene rings is 1. The van der Waals surface area contributed by atoms with Crippen LogP contribution < -0.4 is 11.3 Å². The van der Waals surface area contributed by atoms with E-state index in [-0.39, 0.29) is 42.1 Å². The van der Waals surface area contributed by atoms with Crippen LogP contribution in [0.1, 0.15) is 52.5 Å². The van der Waals surface area contributed by atoms with Crippen LogP contribution in [0, 0.1) is 24.4 Å². The second-order valence-electron chi connectivity index (χ2n) is 7.84. The number of hydrogen-bond donors (Lipinski definition) is 2. The Hall–Kier alpha value is -2.92. The lowest BCUT2D eigenvalue weighted by Crippen LogP contribution is -2.43. The summed E-state index contributed by atoms with van der Waals surface area (Å²) in [6.45, 7) is 2.25. The zero-order valence-corrected chi connectivity index (χ0v) is 17.0. The summed E-state index contributed by atoms with van der Waals surface area (Å²) < 4.78 is 47.4.